The zero-order valence-electron chi connectivity index (χ0n) is 18.4. The molecule has 0 aliphatic heterocycles. The summed E-state index contributed by atoms with van der Waals surface area (Å²) in [7, 11) is 3.11. The fourth-order valence-electron chi connectivity index (χ4n) is 2.84. The zero-order chi connectivity index (χ0) is 23.5. The summed E-state index contributed by atoms with van der Waals surface area (Å²) in [6.45, 7) is 0.223. The molecule has 3 aromatic carbocycles. The first-order valence-corrected chi connectivity index (χ1v) is 10.2. The van der Waals surface area contributed by atoms with Crippen LogP contribution in [0.25, 0.3) is 0 Å². The highest BCUT2D eigenvalue weighted by atomic mass is 16.5. The lowest BCUT2D eigenvalue weighted by Crippen LogP contribution is -2.35. The molecule has 0 atom stereocenters. The molecule has 0 saturated heterocycles. The van der Waals surface area contributed by atoms with E-state index in [1.54, 1.807) is 31.4 Å². The first kappa shape index (κ1) is 23.3. The average Bonchev–Trinajstić information content (AvgIpc) is 2.87. The van der Waals surface area contributed by atoms with Gasteiger partial charge in [0.15, 0.2) is 0 Å². The molecule has 2 N–H and O–H groups in total. The molecular formula is C25H25N3O5. The number of nitrogens with zero attached hydrogens (tertiary/aromatic N) is 1. The molecule has 33 heavy (non-hydrogen) atoms. The summed E-state index contributed by atoms with van der Waals surface area (Å²) in [5, 5.41) is 6.45. The van der Waals surface area contributed by atoms with E-state index in [0.717, 1.165) is 16.9 Å². The van der Waals surface area contributed by atoms with Gasteiger partial charge in [-0.1, -0.05) is 24.3 Å². The summed E-state index contributed by atoms with van der Waals surface area (Å²) in [5.74, 6) is 1.09. The van der Waals surface area contributed by atoms with Crippen LogP contribution in [0.3, 0.4) is 0 Å². The van der Waals surface area contributed by atoms with Crippen LogP contribution in [0.4, 0.5) is 0 Å². The van der Waals surface area contributed by atoms with E-state index in [1.165, 1.54) is 13.3 Å². The largest absolute Gasteiger partial charge is 0.497 e. The van der Waals surface area contributed by atoms with Gasteiger partial charge in [0.2, 0.25) is 0 Å². The van der Waals surface area contributed by atoms with Crippen LogP contribution in [0.5, 0.6) is 17.2 Å². The third kappa shape index (κ3) is 7.10. The van der Waals surface area contributed by atoms with Crippen molar-refractivity contribution in [3.05, 3.63) is 89.5 Å². The number of nitrogens with one attached hydrogen (secondary N) is 2. The van der Waals surface area contributed by atoms with E-state index >= 15 is 0 Å². The topological polar surface area (TPSA) is 98.3 Å². The second-order valence-corrected chi connectivity index (χ2v) is 6.88. The van der Waals surface area contributed by atoms with Gasteiger partial charge in [0.25, 0.3) is 11.8 Å². The molecule has 0 bridgehead atoms. The smallest absolute Gasteiger partial charge is 0.259 e. The van der Waals surface area contributed by atoms with Gasteiger partial charge in [-0.25, -0.2) is 5.43 Å². The van der Waals surface area contributed by atoms with Crippen molar-refractivity contribution in [1.82, 2.24) is 10.7 Å². The zero-order valence-corrected chi connectivity index (χ0v) is 18.4. The molecule has 0 heterocycles. The molecule has 170 valence electrons. The van der Waals surface area contributed by atoms with E-state index in [9.17, 15) is 9.59 Å². The second kappa shape index (κ2) is 11.9. The fraction of sp³-hybridized carbons (Fsp3) is 0.160. The Hall–Kier alpha value is -4.33. The molecule has 0 aliphatic carbocycles. The minimum atomic E-state index is -0.450. The summed E-state index contributed by atoms with van der Waals surface area (Å²) in [6, 6.07) is 21.7. The highest BCUT2D eigenvalue weighted by molar-refractivity contribution is 5.98. The van der Waals surface area contributed by atoms with Crippen molar-refractivity contribution in [1.29, 1.82) is 0 Å². The Morgan fingerprint density at radius 1 is 0.879 bits per heavy atom. The number of hydrogen-bond acceptors (Lipinski definition) is 6. The first-order valence-electron chi connectivity index (χ1n) is 10.2. The van der Waals surface area contributed by atoms with Gasteiger partial charge in [0.05, 0.1) is 32.5 Å². The number of methoxy groups -OCH3 is 2. The summed E-state index contributed by atoms with van der Waals surface area (Å²) in [5.41, 5.74) is 4.54. The van der Waals surface area contributed by atoms with Crippen molar-refractivity contribution in [2.45, 2.75) is 6.61 Å². The number of benzene rings is 3. The van der Waals surface area contributed by atoms with Crippen LogP contribution in [-0.4, -0.2) is 38.8 Å². The van der Waals surface area contributed by atoms with Gasteiger partial charge in [-0.2, -0.15) is 5.10 Å². The van der Waals surface area contributed by atoms with Gasteiger partial charge in [-0.3, -0.25) is 9.59 Å². The summed E-state index contributed by atoms with van der Waals surface area (Å²) in [4.78, 5) is 24.1. The van der Waals surface area contributed by atoms with E-state index in [4.69, 9.17) is 14.2 Å². The molecule has 0 spiro atoms. The van der Waals surface area contributed by atoms with Gasteiger partial charge in [0, 0.05) is 0 Å². The van der Waals surface area contributed by atoms with E-state index < -0.39 is 11.8 Å². The maximum atomic E-state index is 12.2. The normalized spacial score (nSPS) is 10.5. The standard InChI is InChI=1S/C25H25N3O5/c1-31-20-11-9-19(10-12-20)17-33-21-13-7-18(8-14-21)15-27-28-24(29)16-26-25(30)22-5-3-4-6-23(22)32-2/h3-15H,16-17H2,1-2H3,(H,26,30)(H,28,29). The molecule has 3 rings (SSSR count). The van der Waals surface area contributed by atoms with Crippen LogP contribution in [0.1, 0.15) is 21.5 Å². The maximum Gasteiger partial charge on any atom is 0.259 e. The number of amides is 2. The Balaban J connectivity index is 1.42. The predicted octanol–water partition coefficient (Wildman–Crippen LogP) is 3.16. The van der Waals surface area contributed by atoms with Gasteiger partial charge in [-0.15, -0.1) is 0 Å². The van der Waals surface area contributed by atoms with E-state index in [1.807, 2.05) is 48.5 Å². The van der Waals surface area contributed by atoms with Gasteiger partial charge < -0.3 is 19.5 Å². The highest BCUT2D eigenvalue weighted by Gasteiger charge is 2.12. The van der Waals surface area contributed by atoms with E-state index in [-0.39, 0.29) is 6.54 Å². The van der Waals surface area contributed by atoms with Crippen LogP contribution in [0.2, 0.25) is 0 Å². The van der Waals surface area contributed by atoms with Crippen LogP contribution >= 0.6 is 0 Å². The van der Waals surface area contributed by atoms with Gasteiger partial charge >= 0.3 is 0 Å². The van der Waals surface area contributed by atoms with Crippen LogP contribution in [-0.2, 0) is 11.4 Å². The maximum absolute atomic E-state index is 12.2. The lowest BCUT2D eigenvalue weighted by Gasteiger charge is -2.08. The lowest BCUT2D eigenvalue weighted by atomic mass is 10.2. The minimum Gasteiger partial charge on any atom is -0.497 e. The van der Waals surface area contributed by atoms with Gasteiger partial charge in [0.1, 0.15) is 23.9 Å². The Bertz CT molecular complexity index is 1100. The fourth-order valence-corrected chi connectivity index (χ4v) is 2.84. The molecule has 3 aromatic rings. The lowest BCUT2D eigenvalue weighted by molar-refractivity contribution is -0.120. The third-order valence-electron chi connectivity index (χ3n) is 4.61. The third-order valence-corrected chi connectivity index (χ3v) is 4.61. The van der Waals surface area contributed by atoms with Crippen molar-refractivity contribution in [3.63, 3.8) is 0 Å². The Labute approximate surface area is 192 Å². The molecule has 0 fully saturated rings. The summed E-state index contributed by atoms with van der Waals surface area (Å²) >= 11 is 0. The Kier molecular flexibility index (Phi) is 8.41. The highest BCUT2D eigenvalue weighted by Crippen LogP contribution is 2.17. The Morgan fingerprint density at radius 3 is 2.27 bits per heavy atom. The predicted molar refractivity (Wildman–Crippen MR) is 125 cm³/mol. The van der Waals surface area contributed by atoms with Crippen LogP contribution in [0, 0.1) is 0 Å². The first-order chi connectivity index (χ1) is 16.1. The molecule has 0 saturated carbocycles. The van der Waals surface area contributed by atoms with E-state index in [0.29, 0.717) is 23.7 Å². The number of rotatable bonds is 10. The average molecular weight is 447 g/mol. The molecule has 8 heteroatoms. The number of hydrazone groups is 1. The molecule has 8 nitrogen and oxygen atoms in total. The molecule has 0 aliphatic rings. The van der Waals surface area contributed by atoms with Crippen LogP contribution < -0.4 is 25.0 Å². The van der Waals surface area contributed by atoms with E-state index in [2.05, 4.69) is 15.8 Å². The molecule has 2 amide bonds. The summed E-state index contributed by atoms with van der Waals surface area (Å²) in [6.07, 6.45) is 1.51. The van der Waals surface area contributed by atoms with Crippen LogP contribution in [0.15, 0.2) is 77.9 Å². The second-order valence-electron chi connectivity index (χ2n) is 6.88. The molecular weight excluding hydrogens is 422 g/mol. The van der Waals surface area contributed by atoms with Crippen molar-refractivity contribution in [2.75, 3.05) is 20.8 Å². The van der Waals surface area contributed by atoms with Crippen molar-refractivity contribution in [2.24, 2.45) is 5.10 Å². The minimum absolute atomic E-state index is 0.216. The number of carbonyl (C=O) groups excluding carboxylic acids is 2. The van der Waals surface area contributed by atoms with Crippen molar-refractivity contribution in [3.8, 4) is 17.2 Å². The monoisotopic (exact) mass is 447 g/mol. The summed E-state index contributed by atoms with van der Waals surface area (Å²) < 4.78 is 16.1. The SMILES string of the molecule is COc1ccc(COc2ccc(C=NNC(=O)CNC(=O)c3ccccc3OC)cc2)cc1. The molecule has 0 aromatic heterocycles. The quantitative estimate of drug-likeness (QED) is 0.368. The molecule has 0 radical (unpaired) electrons. The number of carbonyl (C=O) groups is 2. The number of hydrogen-bond donors (Lipinski definition) is 2. The van der Waals surface area contributed by atoms with Crippen molar-refractivity contribution >= 4 is 18.0 Å². The van der Waals surface area contributed by atoms with Gasteiger partial charge in [-0.05, 0) is 59.7 Å². The Morgan fingerprint density at radius 2 is 1.58 bits per heavy atom. The number of ether oxygens (including phenoxy) is 3. The molecule has 0 unspecified atom stereocenters. The van der Waals surface area contributed by atoms with Crippen molar-refractivity contribution < 1.29 is 23.8 Å². The number of para-hydroxylation sites is 1.